The predicted molar refractivity (Wildman–Crippen MR) is 155 cm³/mol. The van der Waals surface area contributed by atoms with E-state index >= 15 is 0 Å². The number of hydrogen-bond acceptors (Lipinski definition) is 7. The van der Waals surface area contributed by atoms with Gasteiger partial charge in [0.15, 0.2) is 5.82 Å². The fraction of sp³-hybridized carbons (Fsp3) is 0.367. The van der Waals surface area contributed by atoms with E-state index in [1.54, 1.807) is 19.5 Å². The number of hydrogen-bond donors (Lipinski definition) is 1. The molecule has 2 atom stereocenters. The van der Waals surface area contributed by atoms with Gasteiger partial charge in [-0.1, -0.05) is 0 Å². The van der Waals surface area contributed by atoms with Gasteiger partial charge in [0.2, 0.25) is 0 Å². The summed E-state index contributed by atoms with van der Waals surface area (Å²) < 4.78 is 9.41. The fourth-order valence-electron chi connectivity index (χ4n) is 6.16. The van der Waals surface area contributed by atoms with Gasteiger partial charge in [-0.3, -0.25) is 14.8 Å². The first kappa shape index (κ1) is 25.9. The Kier molecular flexibility index (Phi) is 6.29. The maximum absolute atomic E-state index is 13.8. The molecule has 1 fully saturated rings. The van der Waals surface area contributed by atoms with Crippen LogP contribution in [0.4, 0.5) is 0 Å². The molecule has 10 heteroatoms. The highest BCUT2D eigenvalue weighted by Gasteiger charge is 2.30. The number of nitrogens with zero attached hydrogens (tertiary/aromatic N) is 7. The molecule has 1 amide bonds. The van der Waals surface area contributed by atoms with Gasteiger partial charge < -0.3 is 19.5 Å². The van der Waals surface area contributed by atoms with Crippen LogP contribution in [0.15, 0.2) is 36.8 Å². The minimum Gasteiger partial charge on any atom is -0.496 e. The summed E-state index contributed by atoms with van der Waals surface area (Å²) >= 11 is 0. The Morgan fingerprint density at radius 2 is 1.77 bits per heavy atom. The molecule has 5 aromatic rings. The lowest BCUT2D eigenvalue weighted by Gasteiger charge is -2.36. The van der Waals surface area contributed by atoms with Crippen LogP contribution in [0.25, 0.3) is 38.9 Å². The van der Waals surface area contributed by atoms with Gasteiger partial charge in [0.1, 0.15) is 11.4 Å². The first-order chi connectivity index (χ1) is 19.2. The Morgan fingerprint density at radius 1 is 1.02 bits per heavy atom. The Hall–Kier alpha value is -4.31. The van der Waals surface area contributed by atoms with Crippen molar-refractivity contribution in [1.82, 2.24) is 39.5 Å². The Bertz CT molecular complexity index is 1780. The molecule has 5 aromatic heterocycles. The quantitative estimate of drug-likeness (QED) is 0.367. The maximum Gasteiger partial charge on any atom is 0.270 e. The zero-order valence-corrected chi connectivity index (χ0v) is 24.0. The molecular weight excluding hydrogens is 504 g/mol. The highest BCUT2D eigenvalue weighted by Crippen LogP contribution is 2.33. The summed E-state index contributed by atoms with van der Waals surface area (Å²) in [5.41, 5.74) is 6.74. The number of nitrogens with one attached hydrogen (secondary N) is 1. The van der Waals surface area contributed by atoms with Crippen molar-refractivity contribution in [2.24, 2.45) is 7.05 Å². The van der Waals surface area contributed by atoms with Gasteiger partial charge in [-0.15, -0.1) is 0 Å². The number of fused-ring (bicyclic) bond motifs is 2. The fourth-order valence-corrected chi connectivity index (χ4v) is 6.16. The summed E-state index contributed by atoms with van der Waals surface area (Å²) in [6.07, 6.45) is 5.28. The van der Waals surface area contributed by atoms with Gasteiger partial charge >= 0.3 is 0 Å². The highest BCUT2D eigenvalue weighted by atomic mass is 16.5. The van der Waals surface area contributed by atoms with E-state index in [0.717, 1.165) is 50.0 Å². The topological polar surface area (TPSA) is 103 Å². The lowest BCUT2D eigenvalue weighted by Crippen LogP contribution is -2.56. The number of pyridine rings is 3. The number of carbonyl (C=O) groups excluding carboxylic acids is 1. The van der Waals surface area contributed by atoms with Crippen LogP contribution in [0.2, 0.25) is 0 Å². The first-order valence-corrected chi connectivity index (χ1v) is 13.5. The normalized spacial score (nSPS) is 17.6. The molecule has 0 bridgehead atoms. The van der Waals surface area contributed by atoms with E-state index in [1.807, 2.05) is 66.4 Å². The van der Waals surface area contributed by atoms with Crippen molar-refractivity contribution in [3.63, 3.8) is 0 Å². The summed E-state index contributed by atoms with van der Waals surface area (Å²) in [4.78, 5) is 29.8. The Balaban J connectivity index is 1.48. The van der Waals surface area contributed by atoms with Crippen LogP contribution in [0.1, 0.15) is 41.3 Å². The standard InChI is InChI=1S/C30H34N8O2/c1-16-14-37(15-17(2)33-16)30(39)29-18(3)28-20(5)35-27(11-25(28)36(29)6)38-24-10-23(34-19(4)21(24)13-32-38)22-12-31-9-8-26(22)40-7/h8-13,16-17,33H,14-15H2,1-7H3/t16-,17+. The smallest absolute Gasteiger partial charge is 0.270 e. The zero-order chi connectivity index (χ0) is 28.3. The van der Waals surface area contributed by atoms with E-state index < -0.39 is 0 Å². The number of amides is 1. The maximum atomic E-state index is 13.8. The van der Waals surface area contributed by atoms with Crippen LogP contribution >= 0.6 is 0 Å². The first-order valence-electron chi connectivity index (χ1n) is 13.5. The van der Waals surface area contributed by atoms with Gasteiger partial charge in [-0.05, 0) is 52.3 Å². The molecule has 0 spiro atoms. The van der Waals surface area contributed by atoms with Crippen LogP contribution < -0.4 is 10.1 Å². The number of methoxy groups -OCH3 is 1. The second-order valence-corrected chi connectivity index (χ2v) is 10.8. The van der Waals surface area contributed by atoms with Crippen LogP contribution in [0, 0.1) is 20.8 Å². The van der Waals surface area contributed by atoms with Gasteiger partial charge in [0.05, 0.1) is 35.6 Å². The predicted octanol–water partition coefficient (Wildman–Crippen LogP) is 4.13. The van der Waals surface area contributed by atoms with Crippen molar-refractivity contribution >= 4 is 27.7 Å². The molecule has 40 heavy (non-hydrogen) atoms. The third kappa shape index (κ3) is 4.10. The molecule has 0 radical (unpaired) electrons. The SMILES string of the molecule is COc1ccncc1-c1cc2c(cnn2-c2cc3c(c(C)n2)c(C)c(C(=O)N2C[C@@H](C)N[C@@H](C)C2)n3C)c(C)n1. The van der Waals surface area contributed by atoms with Crippen molar-refractivity contribution in [3.8, 4) is 22.8 Å². The summed E-state index contributed by atoms with van der Waals surface area (Å²) in [7, 11) is 3.60. The molecule has 206 valence electrons. The molecule has 10 nitrogen and oxygen atoms in total. The van der Waals surface area contributed by atoms with Gasteiger partial charge in [0, 0.05) is 72.8 Å². The van der Waals surface area contributed by atoms with Crippen molar-refractivity contribution in [2.45, 2.75) is 46.7 Å². The van der Waals surface area contributed by atoms with E-state index in [9.17, 15) is 4.79 Å². The summed E-state index contributed by atoms with van der Waals surface area (Å²) in [6.45, 7) is 11.6. The molecule has 0 aromatic carbocycles. The molecule has 1 N–H and O–H groups in total. The van der Waals surface area contributed by atoms with Crippen molar-refractivity contribution in [3.05, 3.63) is 59.4 Å². The third-order valence-corrected chi connectivity index (χ3v) is 7.89. The molecular formula is C30H34N8O2. The second-order valence-electron chi connectivity index (χ2n) is 10.8. The molecule has 0 unspecified atom stereocenters. The van der Waals surface area contributed by atoms with Crippen LogP contribution in [0.3, 0.4) is 0 Å². The molecule has 1 aliphatic heterocycles. The van der Waals surface area contributed by atoms with E-state index in [0.29, 0.717) is 30.4 Å². The second kappa shape index (κ2) is 9.71. The van der Waals surface area contributed by atoms with Gasteiger partial charge in [0.25, 0.3) is 5.91 Å². The monoisotopic (exact) mass is 538 g/mol. The van der Waals surface area contributed by atoms with E-state index in [-0.39, 0.29) is 18.0 Å². The number of rotatable bonds is 4. The number of aryl methyl sites for hydroxylation is 4. The lowest BCUT2D eigenvalue weighted by atomic mass is 10.1. The number of piperazine rings is 1. The molecule has 6 heterocycles. The number of ether oxygens (including phenoxy) is 1. The van der Waals surface area contributed by atoms with Crippen LogP contribution in [-0.4, -0.2) is 72.4 Å². The van der Waals surface area contributed by atoms with E-state index in [2.05, 4.69) is 24.1 Å². The highest BCUT2D eigenvalue weighted by molar-refractivity contribution is 6.02. The van der Waals surface area contributed by atoms with E-state index in [4.69, 9.17) is 19.8 Å². The molecule has 0 aliphatic carbocycles. The average Bonchev–Trinajstić information content (AvgIpc) is 3.46. The summed E-state index contributed by atoms with van der Waals surface area (Å²) in [5, 5.41) is 10.2. The van der Waals surface area contributed by atoms with Crippen LogP contribution in [0.5, 0.6) is 5.75 Å². The van der Waals surface area contributed by atoms with Crippen molar-refractivity contribution in [1.29, 1.82) is 0 Å². The molecule has 6 rings (SSSR count). The van der Waals surface area contributed by atoms with Crippen LogP contribution in [-0.2, 0) is 7.05 Å². The third-order valence-electron chi connectivity index (χ3n) is 7.89. The average molecular weight is 539 g/mol. The zero-order valence-electron chi connectivity index (χ0n) is 24.0. The molecule has 1 saturated heterocycles. The van der Waals surface area contributed by atoms with Gasteiger partial charge in [-0.2, -0.15) is 5.10 Å². The lowest BCUT2D eigenvalue weighted by molar-refractivity contribution is 0.0664. The largest absolute Gasteiger partial charge is 0.496 e. The van der Waals surface area contributed by atoms with Crippen molar-refractivity contribution in [2.75, 3.05) is 20.2 Å². The summed E-state index contributed by atoms with van der Waals surface area (Å²) in [6, 6.07) is 6.33. The van der Waals surface area contributed by atoms with Gasteiger partial charge in [-0.25, -0.2) is 9.67 Å². The minimum atomic E-state index is 0.0543. The summed E-state index contributed by atoms with van der Waals surface area (Å²) in [5.74, 6) is 1.44. The molecule has 0 saturated carbocycles. The van der Waals surface area contributed by atoms with E-state index in [1.165, 1.54) is 0 Å². The number of carbonyl (C=O) groups is 1. The Morgan fingerprint density at radius 3 is 2.50 bits per heavy atom. The Labute approximate surface area is 233 Å². The number of aromatic nitrogens is 6. The molecule has 1 aliphatic rings. The van der Waals surface area contributed by atoms with Crippen molar-refractivity contribution < 1.29 is 9.53 Å². The minimum absolute atomic E-state index is 0.0543.